The van der Waals surface area contributed by atoms with Crippen molar-refractivity contribution in [2.24, 2.45) is 10.8 Å². The topological polar surface area (TPSA) is 36.9 Å². The molecular formula is C20H32O4. The van der Waals surface area contributed by atoms with E-state index in [9.17, 15) is 0 Å². The fourth-order valence-corrected chi connectivity index (χ4v) is 2.48. The first kappa shape index (κ1) is 19.4. The first-order valence-electron chi connectivity index (χ1n) is 8.67. The van der Waals surface area contributed by atoms with Crippen LogP contribution in [0, 0.1) is 10.8 Å². The summed E-state index contributed by atoms with van der Waals surface area (Å²) < 4.78 is 23.1. The number of hydrogen-bond donors (Lipinski definition) is 0. The van der Waals surface area contributed by atoms with Crippen LogP contribution >= 0.6 is 0 Å². The molecule has 2 saturated heterocycles. The molecule has 0 aromatic heterocycles. The van der Waals surface area contributed by atoms with Gasteiger partial charge in [0.05, 0.1) is 26.4 Å². The molecule has 0 aliphatic carbocycles. The van der Waals surface area contributed by atoms with Gasteiger partial charge in [-0.1, -0.05) is 52.0 Å². The number of allylic oxidation sites excluding steroid dienone is 4. The van der Waals surface area contributed by atoms with Gasteiger partial charge in [-0.05, 0) is 25.0 Å². The predicted molar refractivity (Wildman–Crippen MR) is 95.6 cm³/mol. The van der Waals surface area contributed by atoms with Crippen LogP contribution in [0.25, 0.3) is 0 Å². The number of ether oxygens (including phenoxy) is 4. The third-order valence-electron chi connectivity index (χ3n) is 4.07. The molecule has 2 heterocycles. The molecule has 2 aliphatic rings. The molecule has 0 aromatic carbocycles. The van der Waals surface area contributed by atoms with Crippen LogP contribution in [0.15, 0.2) is 35.5 Å². The van der Waals surface area contributed by atoms with Gasteiger partial charge in [-0.25, -0.2) is 0 Å². The number of hydrogen-bond acceptors (Lipinski definition) is 4. The smallest absolute Gasteiger partial charge is 0.179 e. The highest BCUT2D eigenvalue weighted by atomic mass is 16.7. The molecule has 2 fully saturated rings. The molecule has 4 nitrogen and oxygen atoms in total. The molecule has 0 spiro atoms. The van der Waals surface area contributed by atoms with E-state index in [-0.39, 0.29) is 23.4 Å². The van der Waals surface area contributed by atoms with Crippen molar-refractivity contribution in [1.29, 1.82) is 0 Å². The van der Waals surface area contributed by atoms with Crippen LogP contribution in [0.3, 0.4) is 0 Å². The molecule has 0 aromatic rings. The van der Waals surface area contributed by atoms with E-state index in [1.165, 1.54) is 0 Å². The predicted octanol–water partition coefficient (Wildman–Crippen LogP) is 4.23. The summed E-state index contributed by atoms with van der Waals surface area (Å²) in [6, 6.07) is 0. The molecule has 0 amide bonds. The SMILES string of the molecule is C/C(=C/C=C/C=C(/C)C1OCC(C)(C)CO1)C1OCC(C)(C)CO1. The lowest BCUT2D eigenvalue weighted by molar-refractivity contribution is -0.202. The molecule has 2 rings (SSSR count). The molecule has 0 unspecified atom stereocenters. The summed E-state index contributed by atoms with van der Waals surface area (Å²) in [5, 5.41) is 0. The maximum absolute atomic E-state index is 5.77. The van der Waals surface area contributed by atoms with Crippen molar-refractivity contribution in [2.75, 3.05) is 26.4 Å². The van der Waals surface area contributed by atoms with Crippen LogP contribution in [0.1, 0.15) is 41.5 Å². The Morgan fingerprint density at radius 3 is 1.25 bits per heavy atom. The van der Waals surface area contributed by atoms with Crippen molar-refractivity contribution in [1.82, 2.24) is 0 Å². The quantitative estimate of drug-likeness (QED) is 0.720. The summed E-state index contributed by atoms with van der Waals surface area (Å²) in [7, 11) is 0. The Kier molecular flexibility index (Phi) is 6.43. The summed E-state index contributed by atoms with van der Waals surface area (Å²) in [6.07, 6.45) is 7.58. The van der Waals surface area contributed by atoms with Gasteiger partial charge in [-0.15, -0.1) is 0 Å². The Labute approximate surface area is 146 Å². The van der Waals surface area contributed by atoms with Crippen molar-refractivity contribution in [2.45, 2.75) is 54.1 Å². The lowest BCUT2D eigenvalue weighted by atomic mass is 9.95. The van der Waals surface area contributed by atoms with Crippen molar-refractivity contribution in [3.8, 4) is 0 Å². The summed E-state index contributed by atoms with van der Waals surface area (Å²) in [6.45, 7) is 15.5. The largest absolute Gasteiger partial charge is 0.348 e. The highest BCUT2D eigenvalue weighted by molar-refractivity contribution is 5.20. The standard InChI is InChI=1S/C20H32O4/c1-15(17-21-11-19(3,4)12-22-17)9-7-8-10-16(2)18-23-13-20(5,6)14-24-18/h7-10,17-18H,11-14H2,1-6H3/b8-7+,15-9-,16-10-. The monoisotopic (exact) mass is 336 g/mol. The van der Waals surface area contributed by atoms with Gasteiger partial charge in [-0.3, -0.25) is 0 Å². The first-order valence-corrected chi connectivity index (χ1v) is 8.67. The van der Waals surface area contributed by atoms with Crippen LogP contribution in [-0.4, -0.2) is 39.0 Å². The molecule has 0 radical (unpaired) electrons. The lowest BCUT2D eigenvalue weighted by Crippen LogP contribution is -2.38. The van der Waals surface area contributed by atoms with Crippen LogP contribution in [0.2, 0.25) is 0 Å². The Bertz CT molecular complexity index is 448. The summed E-state index contributed by atoms with van der Waals surface area (Å²) in [4.78, 5) is 0. The minimum Gasteiger partial charge on any atom is -0.348 e. The minimum atomic E-state index is -0.236. The highest BCUT2D eigenvalue weighted by Gasteiger charge is 2.29. The minimum absolute atomic E-state index is 0.0982. The van der Waals surface area contributed by atoms with Gasteiger partial charge in [0.15, 0.2) is 12.6 Å². The summed E-state index contributed by atoms with van der Waals surface area (Å²) in [5.74, 6) is 0. The molecule has 0 saturated carbocycles. The Morgan fingerprint density at radius 1 is 0.667 bits per heavy atom. The van der Waals surface area contributed by atoms with Crippen LogP contribution in [0.4, 0.5) is 0 Å². The van der Waals surface area contributed by atoms with Gasteiger partial charge >= 0.3 is 0 Å². The van der Waals surface area contributed by atoms with Gasteiger partial charge in [0.1, 0.15) is 0 Å². The fraction of sp³-hybridized carbons (Fsp3) is 0.700. The molecule has 0 N–H and O–H groups in total. The second-order valence-electron chi connectivity index (χ2n) is 8.44. The van der Waals surface area contributed by atoms with E-state index >= 15 is 0 Å². The average molecular weight is 336 g/mol. The Balaban J connectivity index is 1.82. The van der Waals surface area contributed by atoms with Gasteiger partial charge in [0, 0.05) is 10.8 Å². The maximum atomic E-state index is 5.77. The first-order chi connectivity index (χ1) is 11.2. The van der Waals surface area contributed by atoms with E-state index in [4.69, 9.17) is 18.9 Å². The van der Waals surface area contributed by atoms with Crippen LogP contribution in [-0.2, 0) is 18.9 Å². The molecule has 24 heavy (non-hydrogen) atoms. The Hall–Kier alpha value is -0.940. The Morgan fingerprint density at radius 2 is 0.958 bits per heavy atom. The summed E-state index contributed by atoms with van der Waals surface area (Å²) >= 11 is 0. The van der Waals surface area contributed by atoms with Gasteiger partial charge in [0.2, 0.25) is 0 Å². The molecule has 0 atom stereocenters. The van der Waals surface area contributed by atoms with Crippen LogP contribution < -0.4 is 0 Å². The maximum Gasteiger partial charge on any atom is 0.179 e. The molecule has 2 aliphatic heterocycles. The van der Waals surface area contributed by atoms with E-state index in [1.54, 1.807) is 0 Å². The van der Waals surface area contributed by atoms with Crippen molar-refractivity contribution >= 4 is 0 Å². The molecule has 4 heteroatoms. The molecule has 136 valence electrons. The number of rotatable bonds is 4. The molecule has 0 bridgehead atoms. The van der Waals surface area contributed by atoms with Gasteiger partial charge in [-0.2, -0.15) is 0 Å². The van der Waals surface area contributed by atoms with Gasteiger partial charge in [0.25, 0.3) is 0 Å². The lowest BCUT2D eigenvalue weighted by Gasteiger charge is -2.35. The van der Waals surface area contributed by atoms with Crippen molar-refractivity contribution in [3.05, 3.63) is 35.5 Å². The summed E-state index contributed by atoms with van der Waals surface area (Å²) in [5.41, 5.74) is 2.33. The second-order valence-corrected chi connectivity index (χ2v) is 8.44. The molecular weight excluding hydrogens is 304 g/mol. The van der Waals surface area contributed by atoms with E-state index in [0.717, 1.165) is 37.6 Å². The third kappa shape index (κ3) is 5.85. The van der Waals surface area contributed by atoms with E-state index in [2.05, 4.69) is 27.7 Å². The highest BCUT2D eigenvalue weighted by Crippen LogP contribution is 2.26. The van der Waals surface area contributed by atoms with Crippen molar-refractivity contribution < 1.29 is 18.9 Å². The van der Waals surface area contributed by atoms with Crippen LogP contribution in [0.5, 0.6) is 0 Å². The van der Waals surface area contributed by atoms with E-state index in [0.29, 0.717) is 0 Å². The third-order valence-corrected chi connectivity index (χ3v) is 4.07. The zero-order valence-electron chi connectivity index (χ0n) is 15.9. The average Bonchev–Trinajstić information content (AvgIpc) is 2.51. The van der Waals surface area contributed by atoms with Crippen molar-refractivity contribution in [3.63, 3.8) is 0 Å². The van der Waals surface area contributed by atoms with Gasteiger partial charge < -0.3 is 18.9 Å². The zero-order valence-corrected chi connectivity index (χ0v) is 15.9. The van der Waals surface area contributed by atoms with E-state index < -0.39 is 0 Å². The fourth-order valence-electron chi connectivity index (χ4n) is 2.48. The second kappa shape index (κ2) is 7.96. The normalized spacial score (nSPS) is 26.9. The van der Waals surface area contributed by atoms with E-state index in [1.807, 2.05) is 38.2 Å². The zero-order chi connectivity index (χ0) is 17.8.